The van der Waals surface area contributed by atoms with Crippen molar-refractivity contribution in [2.45, 2.75) is 28.4 Å². The predicted molar refractivity (Wildman–Crippen MR) is 100 cm³/mol. The van der Waals surface area contributed by atoms with Crippen LogP contribution in [-0.4, -0.2) is 38.0 Å². The van der Waals surface area contributed by atoms with Crippen LogP contribution in [0, 0.1) is 6.92 Å². The number of sulfonamides is 1. The molecule has 1 unspecified atom stereocenters. The summed E-state index contributed by atoms with van der Waals surface area (Å²) in [5.41, 5.74) is 2.84. The molecule has 1 N–H and O–H groups in total. The highest BCUT2D eigenvalue weighted by molar-refractivity contribution is 8.01. The highest BCUT2D eigenvalue weighted by atomic mass is 32.2. The number of aryl methyl sites for hydroxylation is 1. The summed E-state index contributed by atoms with van der Waals surface area (Å²) < 4.78 is 25.6. The number of hydrogen-bond donors (Lipinski definition) is 1. The first-order valence-corrected chi connectivity index (χ1v) is 10.2. The Balaban J connectivity index is 1.75. The van der Waals surface area contributed by atoms with E-state index in [1.807, 2.05) is 6.92 Å². The van der Waals surface area contributed by atoms with Crippen LogP contribution in [0.5, 0.6) is 0 Å². The van der Waals surface area contributed by atoms with E-state index in [2.05, 4.69) is 23.5 Å². The van der Waals surface area contributed by atoms with Gasteiger partial charge in [0, 0.05) is 24.7 Å². The van der Waals surface area contributed by atoms with Gasteiger partial charge < -0.3 is 5.32 Å². The van der Waals surface area contributed by atoms with Crippen molar-refractivity contribution in [3.63, 3.8) is 0 Å². The summed E-state index contributed by atoms with van der Waals surface area (Å²) in [7, 11) is -0.564. The number of nitrogens with one attached hydrogen (secondary N) is 1. The van der Waals surface area contributed by atoms with Crippen LogP contribution in [0.4, 0.5) is 5.69 Å². The first kappa shape index (κ1) is 18.0. The Labute approximate surface area is 152 Å². The van der Waals surface area contributed by atoms with E-state index in [4.69, 9.17) is 0 Å². The van der Waals surface area contributed by atoms with E-state index >= 15 is 0 Å². The normalized spacial score (nSPS) is 16.7. The minimum absolute atomic E-state index is 0.113. The molecule has 2 aromatic rings. The molecule has 0 saturated carbocycles. The third-order valence-corrected chi connectivity index (χ3v) is 7.18. The summed E-state index contributed by atoms with van der Waals surface area (Å²) in [4.78, 5) is 13.9. The van der Waals surface area contributed by atoms with E-state index in [0.717, 1.165) is 9.20 Å². The third kappa shape index (κ3) is 3.73. The summed E-state index contributed by atoms with van der Waals surface area (Å²) in [6.07, 6.45) is 0.682. The van der Waals surface area contributed by atoms with Gasteiger partial charge in [0.15, 0.2) is 0 Å². The highest BCUT2D eigenvalue weighted by Gasteiger charge is 2.28. The number of anilines is 1. The number of nitrogens with zero attached hydrogens (tertiary/aromatic N) is 1. The Kier molecular flexibility index (Phi) is 4.90. The van der Waals surface area contributed by atoms with Gasteiger partial charge in [0.25, 0.3) is 0 Å². The van der Waals surface area contributed by atoms with Crippen molar-refractivity contribution in [1.29, 1.82) is 0 Å². The van der Waals surface area contributed by atoms with Crippen molar-refractivity contribution in [2.24, 2.45) is 0 Å². The van der Waals surface area contributed by atoms with E-state index in [0.29, 0.717) is 12.1 Å². The molecule has 0 radical (unpaired) electrons. The van der Waals surface area contributed by atoms with Crippen molar-refractivity contribution < 1.29 is 13.2 Å². The summed E-state index contributed by atoms with van der Waals surface area (Å²) in [6, 6.07) is 12.6. The molecule has 5 nitrogen and oxygen atoms in total. The van der Waals surface area contributed by atoms with Gasteiger partial charge in [0.1, 0.15) is 0 Å². The summed E-state index contributed by atoms with van der Waals surface area (Å²) in [5.74, 6) is -0.113. The van der Waals surface area contributed by atoms with Gasteiger partial charge in [0.05, 0.1) is 10.1 Å². The first-order valence-electron chi connectivity index (χ1n) is 7.87. The monoisotopic (exact) mass is 376 g/mol. The van der Waals surface area contributed by atoms with Crippen LogP contribution >= 0.6 is 11.8 Å². The van der Waals surface area contributed by atoms with Gasteiger partial charge in [-0.05, 0) is 43.2 Å². The van der Waals surface area contributed by atoms with Crippen molar-refractivity contribution in [3.05, 3.63) is 53.6 Å². The predicted octanol–water partition coefficient (Wildman–Crippen LogP) is 2.90. The van der Waals surface area contributed by atoms with E-state index < -0.39 is 10.0 Å². The van der Waals surface area contributed by atoms with Crippen LogP contribution in [0.3, 0.4) is 0 Å². The molecule has 0 aromatic heterocycles. The van der Waals surface area contributed by atoms with Gasteiger partial charge in [-0.3, -0.25) is 4.79 Å². The van der Waals surface area contributed by atoms with Gasteiger partial charge in [0.2, 0.25) is 15.9 Å². The first-order chi connectivity index (χ1) is 11.8. The Morgan fingerprint density at radius 3 is 2.68 bits per heavy atom. The number of thioether (sulfide) groups is 1. The van der Waals surface area contributed by atoms with Gasteiger partial charge in [-0.2, -0.15) is 0 Å². The zero-order chi connectivity index (χ0) is 18.2. The van der Waals surface area contributed by atoms with Crippen molar-refractivity contribution in [2.75, 3.05) is 19.4 Å². The number of rotatable bonds is 4. The fourth-order valence-electron chi connectivity index (χ4n) is 2.65. The number of benzene rings is 2. The molecule has 1 atom stereocenters. The largest absolute Gasteiger partial charge is 0.325 e. The second-order valence-corrected chi connectivity index (χ2v) is 9.62. The molecule has 25 heavy (non-hydrogen) atoms. The van der Waals surface area contributed by atoms with Gasteiger partial charge in [-0.25, -0.2) is 12.7 Å². The lowest BCUT2D eigenvalue weighted by atomic mass is 10.1. The van der Waals surface area contributed by atoms with Crippen molar-refractivity contribution in [3.8, 4) is 0 Å². The van der Waals surface area contributed by atoms with Crippen LogP contribution in [0.25, 0.3) is 0 Å². The number of hydrogen-bond acceptors (Lipinski definition) is 4. The van der Waals surface area contributed by atoms with Crippen molar-refractivity contribution in [1.82, 2.24) is 4.31 Å². The molecule has 2 aromatic carbocycles. The van der Waals surface area contributed by atoms with Gasteiger partial charge in [-0.15, -0.1) is 11.8 Å². The zero-order valence-electron chi connectivity index (χ0n) is 14.3. The average molecular weight is 377 g/mol. The number of amides is 1. The Morgan fingerprint density at radius 1 is 1.20 bits per heavy atom. The van der Waals surface area contributed by atoms with Gasteiger partial charge >= 0.3 is 0 Å². The molecule has 0 fully saturated rings. The van der Waals surface area contributed by atoms with E-state index in [1.54, 1.807) is 23.9 Å². The molecule has 3 rings (SSSR count). The molecule has 1 amide bonds. The van der Waals surface area contributed by atoms with E-state index in [-0.39, 0.29) is 16.1 Å². The average Bonchev–Trinajstić information content (AvgIpc) is 2.98. The molecular formula is C18H20N2O3S2. The molecule has 0 aliphatic carbocycles. The van der Waals surface area contributed by atoms with Crippen LogP contribution < -0.4 is 5.32 Å². The van der Waals surface area contributed by atoms with Crippen LogP contribution in [0.2, 0.25) is 0 Å². The lowest BCUT2D eigenvalue weighted by Crippen LogP contribution is -2.25. The number of carbonyl (C=O) groups is 1. The smallest absolute Gasteiger partial charge is 0.242 e. The number of fused-ring (bicyclic) bond motifs is 1. The molecule has 0 bridgehead atoms. The molecule has 1 heterocycles. The summed E-state index contributed by atoms with van der Waals surface area (Å²) >= 11 is 1.55. The summed E-state index contributed by atoms with van der Waals surface area (Å²) in [6.45, 7) is 2.03. The molecule has 132 valence electrons. The molecule has 0 spiro atoms. The fraction of sp³-hybridized carbons (Fsp3) is 0.278. The Morgan fingerprint density at radius 2 is 1.96 bits per heavy atom. The topological polar surface area (TPSA) is 66.5 Å². The second kappa shape index (κ2) is 6.82. The summed E-state index contributed by atoms with van der Waals surface area (Å²) in [5, 5.41) is 2.64. The maximum Gasteiger partial charge on any atom is 0.242 e. The maximum absolute atomic E-state index is 12.6. The van der Waals surface area contributed by atoms with Crippen LogP contribution in [-0.2, 0) is 21.2 Å². The lowest BCUT2D eigenvalue weighted by molar-refractivity contribution is -0.115. The lowest BCUT2D eigenvalue weighted by Gasteiger charge is -2.14. The Hall–Kier alpha value is -1.83. The molecular weight excluding hydrogens is 356 g/mol. The van der Waals surface area contributed by atoms with E-state index in [1.165, 1.54) is 37.4 Å². The SMILES string of the molecule is Cc1ccc2c(c1)SC(C(=O)Nc1cccc(S(=O)(=O)N(C)C)c1)C2. The van der Waals surface area contributed by atoms with Crippen molar-refractivity contribution >= 4 is 33.4 Å². The highest BCUT2D eigenvalue weighted by Crippen LogP contribution is 2.38. The molecule has 0 saturated heterocycles. The quantitative estimate of drug-likeness (QED) is 0.891. The van der Waals surface area contributed by atoms with Gasteiger partial charge in [-0.1, -0.05) is 23.8 Å². The zero-order valence-corrected chi connectivity index (χ0v) is 15.9. The van der Waals surface area contributed by atoms with Crippen LogP contribution in [0.15, 0.2) is 52.3 Å². The minimum atomic E-state index is -3.53. The standard InChI is InChI=1S/C18H20N2O3S2/c1-12-7-8-13-10-17(24-16(13)9-12)18(21)19-14-5-4-6-15(11-14)25(22,23)20(2)3/h4-9,11,17H,10H2,1-3H3,(H,19,21). The second-order valence-electron chi connectivity index (χ2n) is 6.23. The third-order valence-electron chi connectivity index (χ3n) is 4.07. The Bertz CT molecular complexity index is 924. The van der Waals surface area contributed by atoms with Crippen LogP contribution in [0.1, 0.15) is 11.1 Å². The number of carbonyl (C=O) groups excluding carboxylic acids is 1. The molecule has 1 aliphatic rings. The maximum atomic E-state index is 12.6. The van der Waals surface area contributed by atoms with E-state index in [9.17, 15) is 13.2 Å². The fourth-order valence-corrected chi connectivity index (χ4v) is 4.89. The molecule has 7 heteroatoms. The molecule has 1 aliphatic heterocycles. The minimum Gasteiger partial charge on any atom is -0.325 e.